The number of halogens is 1. The first kappa shape index (κ1) is 19.0. The zero-order chi connectivity index (χ0) is 19.3. The molecule has 0 N–H and O–H groups in total. The standard InChI is InChI=1S/C23H24BrN3O/c1-28-23-10-9-18(15-22(23)24)16-25-27-13-11-26(12-14-27)17-20-7-4-6-19-5-2-3-8-21(19)20/h2-10,15-16H,11-14,17H2,1H3. The first-order valence-electron chi connectivity index (χ1n) is 9.54. The molecule has 0 saturated carbocycles. The predicted octanol–water partition coefficient (Wildman–Crippen LogP) is 4.76. The van der Waals surface area contributed by atoms with Crippen molar-refractivity contribution < 1.29 is 4.74 Å². The third-order valence-corrected chi connectivity index (χ3v) is 5.79. The van der Waals surface area contributed by atoms with E-state index >= 15 is 0 Å². The van der Waals surface area contributed by atoms with Crippen molar-refractivity contribution in [1.29, 1.82) is 0 Å². The smallest absolute Gasteiger partial charge is 0.133 e. The van der Waals surface area contributed by atoms with E-state index in [1.54, 1.807) is 7.11 Å². The third-order valence-electron chi connectivity index (χ3n) is 5.17. The highest BCUT2D eigenvalue weighted by Crippen LogP contribution is 2.25. The summed E-state index contributed by atoms with van der Waals surface area (Å²) in [4.78, 5) is 2.51. The van der Waals surface area contributed by atoms with Crippen LogP contribution in [0.2, 0.25) is 0 Å². The van der Waals surface area contributed by atoms with Crippen LogP contribution >= 0.6 is 15.9 Å². The normalized spacial score (nSPS) is 15.4. The Labute approximate surface area is 174 Å². The summed E-state index contributed by atoms with van der Waals surface area (Å²) in [6.07, 6.45) is 1.92. The molecule has 3 aromatic rings. The van der Waals surface area contributed by atoms with Gasteiger partial charge in [0.15, 0.2) is 0 Å². The number of hydrogen-bond acceptors (Lipinski definition) is 4. The van der Waals surface area contributed by atoms with Crippen LogP contribution in [0.25, 0.3) is 10.8 Å². The van der Waals surface area contributed by atoms with Crippen molar-refractivity contribution in [3.63, 3.8) is 0 Å². The average molecular weight is 438 g/mol. The van der Waals surface area contributed by atoms with E-state index in [9.17, 15) is 0 Å². The number of hydrazone groups is 1. The van der Waals surface area contributed by atoms with E-state index in [1.165, 1.54) is 16.3 Å². The first-order valence-corrected chi connectivity index (χ1v) is 10.3. The molecule has 0 bridgehead atoms. The molecule has 4 rings (SSSR count). The van der Waals surface area contributed by atoms with Gasteiger partial charge in [-0.15, -0.1) is 0 Å². The molecule has 1 saturated heterocycles. The summed E-state index contributed by atoms with van der Waals surface area (Å²) in [7, 11) is 1.67. The molecule has 0 aliphatic carbocycles. The lowest BCUT2D eigenvalue weighted by atomic mass is 10.0. The van der Waals surface area contributed by atoms with Crippen LogP contribution < -0.4 is 4.74 Å². The summed E-state index contributed by atoms with van der Waals surface area (Å²) < 4.78 is 6.22. The number of piperazine rings is 1. The fourth-order valence-corrected chi connectivity index (χ4v) is 4.15. The molecule has 0 spiro atoms. The van der Waals surface area contributed by atoms with Gasteiger partial charge < -0.3 is 4.74 Å². The number of hydrogen-bond donors (Lipinski definition) is 0. The summed E-state index contributed by atoms with van der Waals surface area (Å²) in [6.45, 7) is 4.92. The van der Waals surface area contributed by atoms with Crippen molar-refractivity contribution >= 4 is 32.9 Å². The van der Waals surface area contributed by atoms with Crippen LogP contribution in [0.5, 0.6) is 5.75 Å². The maximum absolute atomic E-state index is 5.27. The highest BCUT2D eigenvalue weighted by molar-refractivity contribution is 9.10. The lowest BCUT2D eigenvalue weighted by Crippen LogP contribution is -2.43. The van der Waals surface area contributed by atoms with E-state index < -0.39 is 0 Å². The quantitative estimate of drug-likeness (QED) is 0.538. The molecule has 1 fully saturated rings. The predicted molar refractivity (Wildman–Crippen MR) is 119 cm³/mol. The van der Waals surface area contributed by atoms with Crippen LogP contribution in [0.4, 0.5) is 0 Å². The van der Waals surface area contributed by atoms with Crippen molar-refractivity contribution in [2.24, 2.45) is 5.10 Å². The number of rotatable bonds is 5. The van der Waals surface area contributed by atoms with Crippen LogP contribution in [-0.4, -0.2) is 49.4 Å². The Balaban J connectivity index is 1.35. The summed E-state index contributed by atoms with van der Waals surface area (Å²) in [5, 5.41) is 9.48. The highest BCUT2D eigenvalue weighted by atomic mass is 79.9. The SMILES string of the molecule is COc1ccc(C=NN2CCN(Cc3cccc4ccccc34)CC2)cc1Br. The molecule has 0 aromatic heterocycles. The van der Waals surface area contributed by atoms with Gasteiger partial charge >= 0.3 is 0 Å². The second-order valence-corrected chi connectivity index (χ2v) is 7.86. The van der Waals surface area contributed by atoms with Crippen molar-refractivity contribution in [3.8, 4) is 5.75 Å². The van der Waals surface area contributed by atoms with Crippen LogP contribution in [-0.2, 0) is 6.54 Å². The maximum atomic E-state index is 5.27. The molecule has 5 heteroatoms. The molecule has 144 valence electrons. The summed E-state index contributed by atoms with van der Waals surface area (Å²) in [5.74, 6) is 0.833. The lowest BCUT2D eigenvalue weighted by molar-refractivity contribution is 0.131. The second-order valence-electron chi connectivity index (χ2n) is 7.01. The van der Waals surface area contributed by atoms with E-state index in [0.717, 1.165) is 48.5 Å². The van der Waals surface area contributed by atoms with Gasteiger partial charge in [-0.1, -0.05) is 42.5 Å². The van der Waals surface area contributed by atoms with E-state index in [2.05, 4.69) is 73.4 Å². The monoisotopic (exact) mass is 437 g/mol. The van der Waals surface area contributed by atoms with E-state index in [4.69, 9.17) is 4.74 Å². The zero-order valence-electron chi connectivity index (χ0n) is 16.0. The Morgan fingerprint density at radius 1 is 1.00 bits per heavy atom. The van der Waals surface area contributed by atoms with E-state index in [1.807, 2.05) is 24.4 Å². The maximum Gasteiger partial charge on any atom is 0.133 e. The van der Waals surface area contributed by atoms with Gasteiger partial charge in [0.2, 0.25) is 0 Å². The number of nitrogens with zero attached hydrogens (tertiary/aromatic N) is 3. The molecule has 3 aromatic carbocycles. The van der Waals surface area contributed by atoms with Crippen molar-refractivity contribution in [2.45, 2.75) is 6.54 Å². The number of benzene rings is 3. The van der Waals surface area contributed by atoms with Gasteiger partial charge in [0.25, 0.3) is 0 Å². The highest BCUT2D eigenvalue weighted by Gasteiger charge is 2.16. The first-order chi connectivity index (χ1) is 13.7. The number of ether oxygens (including phenoxy) is 1. The minimum Gasteiger partial charge on any atom is -0.496 e. The summed E-state index contributed by atoms with van der Waals surface area (Å²) in [6, 6.07) is 21.2. The fraction of sp³-hybridized carbons (Fsp3) is 0.261. The Morgan fingerprint density at radius 3 is 2.57 bits per heavy atom. The van der Waals surface area contributed by atoms with Crippen LogP contribution in [0, 0.1) is 0 Å². The molecule has 1 aliphatic rings. The van der Waals surface area contributed by atoms with Crippen LogP contribution in [0.3, 0.4) is 0 Å². The Bertz CT molecular complexity index is 975. The molecule has 0 unspecified atom stereocenters. The largest absolute Gasteiger partial charge is 0.496 e. The Hall–Kier alpha value is -2.37. The molecule has 1 heterocycles. The number of methoxy groups -OCH3 is 1. The molecule has 0 atom stereocenters. The van der Waals surface area contributed by atoms with E-state index in [-0.39, 0.29) is 0 Å². The summed E-state index contributed by atoms with van der Waals surface area (Å²) in [5.41, 5.74) is 2.46. The molecular formula is C23H24BrN3O. The fourth-order valence-electron chi connectivity index (χ4n) is 3.59. The van der Waals surface area contributed by atoms with Crippen molar-refractivity contribution in [2.75, 3.05) is 33.3 Å². The molecule has 1 aliphatic heterocycles. The Kier molecular flexibility index (Phi) is 5.93. The molecule has 0 radical (unpaired) electrons. The van der Waals surface area contributed by atoms with Crippen molar-refractivity contribution in [3.05, 3.63) is 76.3 Å². The van der Waals surface area contributed by atoms with E-state index in [0.29, 0.717) is 0 Å². The molecular weight excluding hydrogens is 414 g/mol. The van der Waals surface area contributed by atoms with Gasteiger partial charge in [-0.3, -0.25) is 9.91 Å². The average Bonchev–Trinajstić information content (AvgIpc) is 2.74. The van der Waals surface area contributed by atoms with Gasteiger partial charge in [-0.25, -0.2) is 0 Å². The summed E-state index contributed by atoms with van der Waals surface area (Å²) >= 11 is 3.52. The van der Waals surface area contributed by atoms with Crippen LogP contribution in [0.1, 0.15) is 11.1 Å². The molecule has 0 amide bonds. The van der Waals surface area contributed by atoms with Crippen molar-refractivity contribution in [1.82, 2.24) is 9.91 Å². The topological polar surface area (TPSA) is 28.1 Å². The lowest BCUT2D eigenvalue weighted by Gasteiger charge is -2.33. The minimum absolute atomic E-state index is 0.833. The van der Waals surface area contributed by atoms with Crippen LogP contribution in [0.15, 0.2) is 70.2 Å². The zero-order valence-corrected chi connectivity index (χ0v) is 17.6. The second kappa shape index (κ2) is 8.76. The third kappa shape index (κ3) is 4.37. The molecule has 28 heavy (non-hydrogen) atoms. The van der Waals surface area contributed by atoms with Gasteiger partial charge in [-0.05, 0) is 56.0 Å². The van der Waals surface area contributed by atoms with Gasteiger partial charge in [-0.2, -0.15) is 5.10 Å². The molecule has 4 nitrogen and oxygen atoms in total. The Morgan fingerprint density at radius 2 is 1.79 bits per heavy atom. The van der Waals surface area contributed by atoms with Gasteiger partial charge in [0, 0.05) is 32.7 Å². The minimum atomic E-state index is 0.833. The van der Waals surface area contributed by atoms with Gasteiger partial charge in [0.05, 0.1) is 17.8 Å². The number of fused-ring (bicyclic) bond motifs is 1. The van der Waals surface area contributed by atoms with Gasteiger partial charge in [0.1, 0.15) is 5.75 Å².